The Morgan fingerprint density at radius 1 is 0.966 bits per heavy atom. The first-order valence-electron chi connectivity index (χ1n) is 8.77. The molecular weight excluding hydrogens is 382 g/mol. The largest absolute Gasteiger partial charge is 0.442 e. The first kappa shape index (κ1) is 19.8. The van der Waals surface area contributed by atoms with Crippen molar-refractivity contribution in [3.63, 3.8) is 0 Å². The third-order valence-electron chi connectivity index (χ3n) is 4.39. The van der Waals surface area contributed by atoms with Crippen LogP contribution < -0.4 is 15.3 Å². The highest BCUT2D eigenvalue weighted by Gasteiger charge is 2.22. The maximum absolute atomic E-state index is 12.3. The van der Waals surface area contributed by atoms with Gasteiger partial charge in [0.2, 0.25) is 11.5 Å². The number of fused-ring (bicyclic) bond motifs is 1. The average Bonchev–Trinajstić information content (AvgIpc) is 2.69. The van der Waals surface area contributed by atoms with E-state index < -0.39 is 26.8 Å². The minimum atomic E-state index is -0.818. The molecule has 0 aliphatic heterocycles. The van der Waals surface area contributed by atoms with Crippen molar-refractivity contribution in [3.05, 3.63) is 73.1 Å². The Hall–Kier alpha value is -3.95. The van der Waals surface area contributed by atoms with Crippen molar-refractivity contribution < 1.29 is 19.0 Å². The number of benzene rings is 2. The van der Waals surface area contributed by atoms with Gasteiger partial charge in [0.1, 0.15) is 5.58 Å². The maximum atomic E-state index is 12.3. The third kappa shape index (κ3) is 4.00. The Balaban J connectivity index is 2.02. The van der Waals surface area contributed by atoms with Crippen LogP contribution in [0.1, 0.15) is 13.8 Å². The molecule has 10 nitrogen and oxygen atoms in total. The zero-order valence-electron chi connectivity index (χ0n) is 15.7. The van der Waals surface area contributed by atoms with E-state index in [2.05, 4.69) is 4.90 Å². The number of hydrogen-bond donors (Lipinski definition) is 0. The van der Waals surface area contributed by atoms with E-state index in [0.717, 1.165) is 37.0 Å². The Morgan fingerprint density at radius 2 is 1.69 bits per heavy atom. The molecule has 2 aromatic carbocycles. The van der Waals surface area contributed by atoms with Crippen LogP contribution in [0.25, 0.3) is 11.0 Å². The Labute approximate surface area is 164 Å². The van der Waals surface area contributed by atoms with E-state index in [9.17, 15) is 25.0 Å². The van der Waals surface area contributed by atoms with Crippen molar-refractivity contribution in [1.82, 2.24) is 0 Å². The second-order valence-electron chi connectivity index (χ2n) is 6.06. The standard InChI is InChI=1S/C19H17N3O7/c1-3-20(4-2)13-6-5-12-9-18(19(23)29-17(12)11-13)28-16-8-7-14(21(24)25)10-15(16)22(26)27/h5-11H,3-4H2,1-2H3. The molecule has 0 amide bonds. The van der Waals surface area contributed by atoms with E-state index in [-0.39, 0.29) is 11.5 Å². The lowest BCUT2D eigenvalue weighted by Gasteiger charge is -2.21. The second-order valence-corrected chi connectivity index (χ2v) is 6.06. The monoisotopic (exact) mass is 399 g/mol. The topological polar surface area (TPSA) is 129 Å². The SMILES string of the molecule is CCN(CC)c1ccc2cc(Oc3ccc([N+](=O)[O-])cc3[N+](=O)[O-])c(=O)oc2c1. The molecule has 0 fully saturated rings. The number of nitro groups is 2. The molecule has 0 spiro atoms. The summed E-state index contributed by atoms with van der Waals surface area (Å²) in [6.45, 7) is 5.60. The van der Waals surface area contributed by atoms with Gasteiger partial charge >= 0.3 is 11.3 Å². The quantitative estimate of drug-likeness (QED) is 0.327. The Bertz CT molecular complexity index is 1150. The summed E-state index contributed by atoms with van der Waals surface area (Å²) in [4.78, 5) is 34.9. The van der Waals surface area contributed by atoms with Crippen LogP contribution in [0.3, 0.4) is 0 Å². The zero-order valence-corrected chi connectivity index (χ0v) is 15.7. The molecule has 0 saturated carbocycles. The molecule has 0 saturated heterocycles. The molecule has 0 unspecified atom stereocenters. The minimum absolute atomic E-state index is 0.259. The Morgan fingerprint density at radius 3 is 2.31 bits per heavy atom. The number of nitrogens with zero attached hydrogens (tertiary/aromatic N) is 3. The van der Waals surface area contributed by atoms with Crippen LogP contribution in [-0.2, 0) is 0 Å². The van der Waals surface area contributed by atoms with Crippen LogP contribution in [0.4, 0.5) is 17.1 Å². The highest BCUT2D eigenvalue weighted by Crippen LogP contribution is 2.34. The molecule has 0 N–H and O–H groups in total. The number of hydrogen-bond acceptors (Lipinski definition) is 8. The molecule has 0 aliphatic carbocycles. The lowest BCUT2D eigenvalue weighted by molar-refractivity contribution is -0.394. The third-order valence-corrected chi connectivity index (χ3v) is 4.39. The number of nitro benzene ring substituents is 2. The van der Waals surface area contributed by atoms with Crippen LogP contribution in [0, 0.1) is 20.2 Å². The lowest BCUT2D eigenvalue weighted by atomic mass is 10.2. The highest BCUT2D eigenvalue weighted by atomic mass is 16.6. The summed E-state index contributed by atoms with van der Waals surface area (Å²) in [5.74, 6) is -0.558. The first-order chi connectivity index (χ1) is 13.8. The zero-order chi connectivity index (χ0) is 21.1. The molecule has 29 heavy (non-hydrogen) atoms. The van der Waals surface area contributed by atoms with E-state index in [1.54, 1.807) is 12.1 Å². The summed E-state index contributed by atoms with van der Waals surface area (Å²) in [6.07, 6.45) is 0. The smallest absolute Gasteiger partial charge is 0.379 e. The van der Waals surface area contributed by atoms with Gasteiger partial charge in [-0.25, -0.2) is 4.79 Å². The van der Waals surface area contributed by atoms with Crippen molar-refractivity contribution >= 4 is 28.0 Å². The summed E-state index contributed by atoms with van der Waals surface area (Å²) in [7, 11) is 0. The van der Waals surface area contributed by atoms with E-state index >= 15 is 0 Å². The molecule has 1 aromatic heterocycles. The molecule has 3 rings (SSSR count). The van der Waals surface area contributed by atoms with Gasteiger partial charge in [-0.15, -0.1) is 0 Å². The van der Waals surface area contributed by atoms with Crippen molar-refractivity contribution in [2.45, 2.75) is 13.8 Å². The number of ether oxygens (including phenoxy) is 1. The number of anilines is 1. The van der Waals surface area contributed by atoms with Crippen molar-refractivity contribution in [3.8, 4) is 11.5 Å². The number of rotatable bonds is 7. The van der Waals surface area contributed by atoms with Crippen LogP contribution in [0.2, 0.25) is 0 Å². The van der Waals surface area contributed by atoms with Gasteiger partial charge in [0.15, 0.2) is 0 Å². The minimum Gasteiger partial charge on any atom is -0.442 e. The number of non-ortho nitro benzene ring substituents is 1. The van der Waals surface area contributed by atoms with E-state index in [0.29, 0.717) is 11.0 Å². The van der Waals surface area contributed by atoms with Gasteiger partial charge in [0, 0.05) is 36.3 Å². The molecule has 0 atom stereocenters. The van der Waals surface area contributed by atoms with E-state index in [4.69, 9.17) is 9.15 Å². The van der Waals surface area contributed by atoms with Crippen molar-refractivity contribution in [2.75, 3.05) is 18.0 Å². The fraction of sp³-hybridized carbons (Fsp3) is 0.211. The predicted molar refractivity (Wildman–Crippen MR) is 106 cm³/mol. The van der Waals surface area contributed by atoms with Crippen molar-refractivity contribution in [1.29, 1.82) is 0 Å². The highest BCUT2D eigenvalue weighted by molar-refractivity contribution is 5.81. The fourth-order valence-electron chi connectivity index (χ4n) is 2.90. The summed E-state index contributed by atoms with van der Waals surface area (Å²) < 4.78 is 10.7. The average molecular weight is 399 g/mol. The molecule has 150 valence electrons. The van der Waals surface area contributed by atoms with E-state index in [1.807, 2.05) is 19.9 Å². The van der Waals surface area contributed by atoms with Gasteiger partial charge in [-0.2, -0.15) is 0 Å². The lowest BCUT2D eigenvalue weighted by Crippen LogP contribution is -2.21. The predicted octanol–water partition coefficient (Wildman–Crippen LogP) is 4.25. The van der Waals surface area contributed by atoms with Gasteiger partial charge in [-0.3, -0.25) is 20.2 Å². The summed E-state index contributed by atoms with van der Waals surface area (Å²) in [5.41, 5.74) is -0.661. The van der Waals surface area contributed by atoms with Crippen molar-refractivity contribution in [2.24, 2.45) is 0 Å². The van der Waals surface area contributed by atoms with Crippen LogP contribution in [0.15, 0.2) is 51.7 Å². The van der Waals surface area contributed by atoms with Crippen LogP contribution in [0.5, 0.6) is 11.5 Å². The Kier molecular flexibility index (Phi) is 5.44. The second kappa shape index (κ2) is 7.97. The first-order valence-corrected chi connectivity index (χ1v) is 8.77. The maximum Gasteiger partial charge on any atom is 0.379 e. The molecular formula is C19H17N3O7. The summed E-state index contributed by atoms with van der Waals surface area (Å²) in [6, 6.07) is 9.68. The summed E-state index contributed by atoms with van der Waals surface area (Å²) >= 11 is 0. The van der Waals surface area contributed by atoms with Gasteiger partial charge in [-0.1, -0.05) is 0 Å². The normalized spacial score (nSPS) is 10.7. The molecule has 3 aromatic rings. The molecule has 0 radical (unpaired) electrons. The van der Waals surface area contributed by atoms with Crippen LogP contribution in [-0.4, -0.2) is 22.9 Å². The van der Waals surface area contributed by atoms with E-state index in [1.165, 1.54) is 6.07 Å². The van der Waals surface area contributed by atoms with Gasteiger partial charge < -0.3 is 14.1 Å². The molecule has 0 bridgehead atoms. The fourth-order valence-corrected chi connectivity index (χ4v) is 2.90. The van der Waals surface area contributed by atoms with Gasteiger partial charge in [-0.05, 0) is 38.1 Å². The van der Waals surface area contributed by atoms with Gasteiger partial charge in [0.25, 0.3) is 5.69 Å². The van der Waals surface area contributed by atoms with Gasteiger partial charge in [0.05, 0.1) is 15.9 Å². The summed E-state index contributed by atoms with van der Waals surface area (Å²) in [5, 5.41) is 22.6. The molecule has 1 heterocycles. The molecule has 10 heteroatoms. The molecule has 0 aliphatic rings. The van der Waals surface area contributed by atoms with Crippen LogP contribution >= 0.6 is 0 Å².